The summed E-state index contributed by atoms with van der Waals surface area (Å²) in [6.45, 7) is 0. The van der Waals surface area contributed by atoms with E-state index in [0.717, 1.165) is 29.2 Å². The number of carboxylic acids is 1. The minimum absolute atomic E-state index is 0.0525. The van der Waals surface area contributed by atoms with Crippen molar-refractivity contribution in [1.29, 1.82) is 0 Å². The van der Waals surface area contributed by atoms with Crippen LogP contribution in [0.5, 0.6) is 0 Å². The Hall–Kier alpha value is -3.03. The second-order valence-electron chi connectivity index (χ2n) is 4.58. The van der Waals surface area contributed by atoms with Crippen LogP contribution in [-0.2, 0) is 6.18 Å². The number of alkyl halides is 3. The SMILES string of the molecule is NC(=O)N(c1cccc(C(=O)O)c1)c1cccc(C(F)(F)F)c1. The van der Waals surface area contributed by atoms with Crippen LogP contribution in [0.25, 0.3) is 0 Å². The summed E-state index contributed by atoms with van der Waals surface area (Å²) in [7, 11) is 0. The lowest BCUT2D eigenvalue weighted by atomic mass is 10.1. The van der Waals surface area contributed by atoms with Crippen molar-refractivity contribution < 1.29 is 27.9 Å². The van der Waals surface area contributed by atoms with E-state index in [1.54, 1.807) is 0 Å². The molecule has 23 heavy (non-hydrogen) atoms. The lowest BCUT2D eigenvalue weighted by Gasteiger charge is -2.22. The van der Waals surface area contributed by atoms with E-state index in [9.17, 15) is 22.8 Å². The van der Waals surface area contributed by atoms with Gasteiger partial charge >= 0.3 is 18.2 Å². The number of aromatic carboxylic acids is 1. The fourth-order valence-electron chi connectivity index (χ4n) is 2.00. The molecule has 0 aliphatic rings. The molecule has 0 saturated carbocycles. The number of rotatable bonds is 3. The molecule has 0 radical (unpaired) electrons. The highest BCUT2D eigenvalue weighted by molar-refractivity contribution is 6.00. The number of hydrogen-bond donors (Lipinski definition) is 2. The van der Waals surface area contributed by atoms with E-state index in [1.807, 2.05) is 0 Å². The van der Waals surface area contributed by atoms with Gasteiger partial charge in [-0.05, 0) is 36.4 Å². The number of nitrogens with two attached hydrogens (primary N) is 1. The third kappa shape index (κ3) is 3.60. The van der Waals surface area contributed by atoms with Crippen molar-refractivity contribution >= 4 is 23.4 Å². The first kappa shape index (κ1) is 16.3. The maximum Gasteiger partial charge on any atom is 0.416 e. The summed E-state index contributed by atoms with van der Waals surface area (Å²) >= 11 is 0. The number of amides is 2. The molecule has 2 aromatic carbocycles. The summed E-state index contributed by atoms with van der Waals surface area (Å²) < 4.78 is 38.4. The van der Waals surface area contributed by atoms with Crippen LogP contribution >= 0.6 is 0 Å². The van der Waals surface area contributed by atoms with Crippen LogP contribution in [0, 0.1) is 0 Å². The quantitative estimate of drug-likeness (QED) is 0.904. The van der Waals surface area contributed by atoms with Gasteiger partial charge in [-0.3, -0.25) is 4.90 Å². The lowest BCUT2D eigenvalue weighted by Crippen LogP contribution is -2.31. The average Bonchev–Trinajstić information content (AvgIpc) is 2.47. The first-order valence-corrected chi connectivity index (χ1v) is 6.30. The van der Waals surface area contributed by atoms with Crippen LogP contribution in [0.2, 0.25) is 0 Å². The fraction of sp³-hybridized carbons (Fsp3) is 0.0667. The Morgan fingerprint density at radius 3 is 2.09 bits per heavy atom. The van der Waals surface area contributed by atoms with Crippen LogP contribution in [-0.4, -0.2) is 17.1 Å². The van der Waals surface area contributed by atoms with Crippen LogP contribution in [0.1, 0.15) is 15.9 Å². The molecular weight excluding hydrogens is 313 g/mol. The summed E-state index contributed by atoms with van der Waals surface area (Å²) in [5, 5.41) is 8.97. The second kappa shape index (κ2) is 5.99. The highest BCUT2D eigenvalue weighted by Crippen LogP contribution is 2.33. The van der Waals surface area contributed by atoms with Gasteiger partial charge in [-0.1, -0.05) is 12.1 Å². The van der Waals surface area contributed by atoms with Crippen LogP contribution in [0.4, 0.5) is 29.3 Å². The molecule has 0 heterocycles. The van der Waals surface area contributed by atoms with E-state index in [1.165, 1.54) is 24.3 Å². The number of halogens is 3. The number of hydrogen-bond acceptors (Lipinski definition) is 2. The average molecular weight is 324 g/mol. The Bertz CT molecular complexity index is 760. The molecule has 8 heteroatoms. The Balaban J connectivity index is 2.54. The Morgan fingerprint density at radius 1 is 1.00 bits per heavy atom. The van der Waals surface area contributed by atoms with E-state index in [-0.39, 0.29) is 16.9 Å². The van der Waals surface area contributed by atoms with Crippen molar-refractivity contribution in [3.63, 3.8) is 0 Å². The molecule has 0 aliphatic carbocycles. The fourth-order valence-corrected chi connectivity index (χ4v) is 2.00. The monoisotopic (exact) mass is 324 g/mol. The van der Waals surface area contributed by atoms with Gasteiger partial charge in [-0.15, -0.1) is 0 Å². The predicted molar refractivity (Wildman–Crippen MR) is 76.6 cm³/mol. The first-order chi connectivity index (χ1) is 10.7. The second-order valence-corrected chi connectivity index (χ2v) is 4.58. The molecule has 0 spiro atoms. The molecule has 3 N–H and O–H groups in total. The number of nitrogens with zero attached hydrogens (tertiary/aromatic N) is 1. The molecule has 0 saturated heterocycles. The molecule has 0 aromatic heterocycles. The molecule has 0 aliphatic heterocycles. The first-order valence-electron chi connectivity index (χ1n) is 6.30. The maximum atomic E-state index is 12.8. The van der Waals surface area contributed by atoms with Gasteiger partial charge in [0, 0.05) is 0 Å². The molecular formula is C15H11F3N2O3. The summed E-state index contributed by atoms with van der Waals surface area (Å²) in [5.41, 5.74) is 4.11. The van der Waals surface area contributed by atoms with Crippen LogP contribution < -0.4 is 10.6 Å². The highest BCUT2D eigenvalue weighted by Gasteiger charge is 2.31. The van der Waals surface area contributed by atoms with Gasteiger partial charge in [-0.25, -0.2) is 9.59 Å². The van der Waals surface area contributed by atoms with Crippen LogP contribution in [0.3, 0.4) is 0 Å². The van der Waals surface area contributed by atoms with E-state index in [4.69, 9.17) is 10.8 Å². The van der Waals surface area contributed by atoms with Gasteiger partial charge in [0.15, 0.2) is 0 Å². The summed E-state index contributed by atoms with van der Waals surface area (Å²) in [6.07, 6.45) is -4.58. The van der Waals surface area contributed by atoms with Gasteiger partial charge in [0.1, 0.15) is 0 Å². The van der Waals surface area contributed by atoms with E-state index in [0.29, 0.717) is 0 Å². The number of primary amides is 1. The highest BCUT2D eigenvalue weighted by atomic mass is 19.4. The van der Waals surface area contributed by atoms with Gasteiger partial charge in [0.25, 0.3) is 0 Å². The number of carbonyl (C=O) groups is 2. The number of carbonyl (C=O) groups excluding carboxylic acids is 1. The molecule has 0 atom stereocenters. The Morgan fingerprint density at radius 2 is 1.57 bits per heavy atom. The summed E-state index contributed by atoms with van der Waals surface area (Å²) in [4.78, 5) is 23.5. The van der Waals surface area contributed by atoms with Gasteiger partial charge in [0.05, 0.1) is 22.5 Å². The van der Waals surface area contributed by atoms with Crippen molar-refractivity contribution in [1.82, 2.24) is 0 Å². The minimum atomic E-state index is -4.58. The molecule has 2 aromatic rings. The van der Waals surface area contributed by atoms with Gasteiger partial charge in [0.2, 0.25) is 0 Å². The van der Waals surface area contributed by atoms with E-state index >= 15 is 0 Å². The largest absolute Gasteiger partial charge is 0.478 e. The summed E-state index contributed by atoms with van der Waals surface area (Å²) in [6, 6.07) is 8.16. The number of benzene rings is 2. The minimum Gasteiger partial charge on any atom is -0.478 e. The van der Waals surface area contributed by atoms with Crippen LogP contribution in [0.15, 0.2) is 48.5 Å². The summed E-state index contributed by atoms with van der Waals surface area (Å²) in [5.74, 6) is -1.24. The van der Waals surface area contributed by atoms with E-state index in [2.05, 4.69) is 0 Å². The standard InChI is InChI=1S/C15H11F3N2O3/c16-15(17,18)10-4-2-6-12(8-10)20(14(19)23)11-5-1-3-9(7-11)13(21)22/h1-8H,(H2,19,23)(H,21,22). The number of carboxylic acid groups (broad SMARTS) is 1. The Kier molecular flexibility index (Phi) is 4.26. The van der Waals surface area contributed by atoms with Gasteiger partial charge < -0.3 is 10.8 Å². The van der Waals surface area contributed by atoms with Crippen molar-refractivity contribution in [2.45, 2.75) is 6.18 Å². The Labute approximate surface area is 128 Å². The zero-order chi connectivity index (χ0) is 17.2. The number of urea groups is 1. The van der Waals surface area contributed by atoms with E-state index < -0.39 is 23.7 Å². The molecule has 0 bridgehead atoms. The van der Waals surface area contributed by atoms with Crippen molar-refractivity contribution in [3.05, 3.63) is 59.7 Å². The molecule has 5 nitrogen and oxygen atoms in total. The van der Waals surface area contributed by atoms with Crippen molar-refractivity contribution in [2.24, 2.45) is 5.73 Å². The lowest BCUT2D eigenvalue weighted by molar-refractivity contribution is -0.137. The molecule has 0 fully saturated rings. The van der Waals surface area contributed by atoms with Crippen molar-refractivity contribution in [2.75, 3.05) is 4.90 Å². The molecule has 2 amide bonds. The zero-order valence-corrected chi connectivity index (χ0v) is 11.5. The van der Waals surface area contributed by atoms with Crippen molar-refractivity contribution in [3.8, 4) is 0 Å². The smallest absolute Gasteiger partial charge is 0.416 e. The topological polar surface area (TPSA) is 83.6 Å². The molecule has 120 valence electrons. The maximum absolute atomic E-state index is 12.8. The zero-order valence-electron chi connectivity index (χ0n) is 11.5. The molecule has 2 rings (SSSR count). The molecule has 0 unspecified atom stereocenters. The predicted octanol–water partition coefficient (Wildman–Crippen LogP) is 3.62. The number of anilines is 2. The third-order valence-corrected chi connectivity index (χ3v) is 3.00. The normalized spacial score (nSPS) is 11.1. The third-order valence-electron chi connectivity index (χ3n) is 3.00. The van der Waals surface area contributed by atoms with Gasteiger partial charge in [-0.2, -0.15) is 13.2 Å².